The maximum absolute atomic E-state index is 13.7. The molecule has 182 valence electrons. The minimum atomic E-state index is -0.325. The monoisotopic (exact) mass is 478 g/mol. The molecule has 5 rings (SSSR count). The fourth-order valence-corrected chi connectivity index (χ4v) is 5.16. The van der Waals surface area contributed by atoms with Crippen LogP contribution in [0, 0.1) is 11.6 Å². The van der Waals surface area contributed by atoms with Gasteiger partial charge in [0.1, 0.15) is 22.8 Å². The van der Waals surface area contributed by atoms with Crippen molar-refractivity contribution in [2.45, 2.75) is 32.0 Å². The van der Waals surface area contributed by atoms with Gasteiger partial charge >= 0.3 is 5.69 Å². The smallest absolute Gasteiger partial charge is 0.349 e. The summed E-state index contributed by atoms with van der Waals surface area (Å²) in [5.41, 5.74) is 2.95. The van der Waals surface area contributed by atoms with E-state index in [0.29, 0.717) is 24.4 Å². The molecule has 0 radical (unpaired) electrons. The van der Waals surface area contributed by atoms with Crippen molar-refractivity contribution in [1.82, 2.24) is 24.0 Å². The van der Waals surface area contributed by atoms with Gasteiger partial charge in [-0.05, 0) is 49.2 Å². The van der Waals surface area contributed by atoms with Gasteiger partial charge < -0.3 is 9.47 Å². The van der Waals surface area contributed by atoms with E-state index in [9.17, 15) is 13.6 Å². The Morgan fingerprint density at radius 2 is 1.46 bits per heavy atom. The topological polar surface area (TPSA) is 59.2 Å². The summed E-state index contributed by atoms with van der Waals surface area (Å²) in [6, 6.07) is 12.8. The largest absolute Gasteiger partial charge is 0.350 e. The third kappa shape index (κ3) is 4.10. The molecule has 7 nitrogen and oxygen atoms in total. The van der Waals surface area contributed by atoms with Gasteiger partial charge in [-0.15, -0.1) is 0 Å². The molecule has 0 amide bonds. The number of piperazine rings is 1. The molecule has 0 N–H and O–H groups in total. The van der Waals surface area contributed by atoms with Gasteiger partial charge in [-0.25, -0.2) is 18.6 Å². The van der Waals surface area contributed by atoms with E-state index in [1.54, 1.807) is 37.6 Å². The number of halogens is 2. The molecular formula is C26H28F2N6O. The number of imidazole rings is 1. The first kappa shape index (κ1) is 23.2. The van der Waals surface area contributed by atoms with Crippen molar-refractivity contribution in [2.24, 2.45) is 14.1 Å². The normalized spacial score (nSPS) is 19.1. The summed E-state index contributed by atoms with van der Waals surface area (Å²) in [5, 5.41) is 0. The summed E-state index contributed by atoms with van der Waals surface area (Å²) in [6.45, 7) is 5.49. The van der Waals surface area contributed by atoms with Crippen LogP contribution in [-0.4, -0.2) is 49.2 Å². The average molecular weight is 479 g/mol. The minimum Gasteiger partial charge on any atom is -0.349 e. The number of nitrogens with zero attached hydrogens (tertiary/aromatic N) is 6. The minimum absolute atomic E-state index is 0.0133. The SMILES string of the molecule is C[C@@H]1CN(c2nc(=O)n(C)c3c2ncn3C)[C@@H](C)CN1C(c1ccc(F)cc1)c1ccc(F)cc1. The van der Waals surface area contributed by atoms with E-state index in [1.165, 1.54) is 28.8 Å². The van der Waals surface area contributed by atoms with Gasteiger partial charge in [0.15, 0.2) is 5.82 Å². The quantitative estimate of drug-likeness (QED) is 0.448. The van der Waals surface area contributed by atoms with Crippen molar-refractivity contribution in [3.8, 4) is 0 Å². The Labute approximate surface area is 202 Å². The van der Waals surface area contributed by atoms with Crippen molar-refractivity contribution >= 4 is 17.0 Å². The highest BCUT2D eigenvalue weighted by atomic mass is 19.1. The second-order valence-corrected chi connectivity index (χ2v) is 9.36. The first-order chi connectivity index (χ1) is 16.7. The summed E-state index contributed by atoms with van der Waals surface area (Å²) < 4.78 is 30.7. The zero-order valence-electron chi connectivity index (χ0n) is 20.2. The molecule has 0 bridgehead atoms. The number of anilines is 1. The van der Waals surface area contributed by atoms with Crippen LogP contribution in [0.1, 0.15) is 31.0 Å². The van der Waals surface area contributed by atoms with Gasteiger partial charge in [0, 0.05) is 39.3 Å². The third-order valence-electron chi connectivity index (χ3n) is 6.93. The molecular weight excluding hydrogens is 450 g/mol. The van der Waals surface area contributed by atoms with Crippen molar-refractivity contribution < 1.29 is 8.78 Å². The average Bonchev–Trinajstić information content (AvgIpc) is 3.22. The second-order valence-electron chi connectivity index (χ2n) is 9.36. The van der Waals surface area contributed by atoms with Gasteiger partial charge in [0.05, 0.1) is 12.4 Å². The zero-order chi connectivity index (χ0) is 24.9. The van der Waals surface area contributed by atoms with E-state index in [4.69, 9.17) is 0 Å². The fourth-order valence-electron chi connectivity index (χ4n) is 5.16. The summed E-state index contributed by atoms with van der Waals surface area (Å²) in [6.07, 6.45) is 1.69. The predicted molar refractivity (Wildman–Crippen MR) is 131 cm³/mol. The van der Waals surface area contributed by atoms with Crippen molar-refractivity contribution in [3.05, 3.63) is 88.1 Å². The van der Waals surface area contributed by atoms with Crippen LogP contribution >= 0.6 is 0 Å². The van der Waals surface area contributed by atoms with Crippen LogP contribution in [-0.2, 0) is 14.1 Å². The molecule has 0 spiro atoms. The molecule has 1 aliphatic heterocycles. The highest BCUT2D eigenvalue weighted by molar-refractivity contribution is 5.84. The molecule has 0 saturated carbocycles. The summed E-state index contributed by atoms with van der Waals surface area (Å²) in [5.74, 6) is -0.00859. The molecule has 35 heavy (non-hydrogen) atoms. The molecule has 1 fully saturated rings. The lowest BCUT2D eigenvalue weighted by molar-refractivity contribution is 0.129. The van der Waals surface area contributed by atoms with Crippen LogP contribution in [0.3, 0.4) is 0 Å². The highest BCUT2D eigenvalue weighted by Gasteiger charge is 2.36. The van der Waals surface area contributed by atoms with Gasteiger partial charge in [0.25, 0.3) is 0 Å². The first-order valence-corrected chi connectivity index (χ1v) is 11.7. The van der Waals surface area contributed by atoms with Crippen LogP contribution in [0.15, 0.2) is 59.7 Å². The third-order valence-corrected chi connectivity index (χ3v) is 6.93. The van der Waals surface area contributed by atoms with Gasteiger partial charge in [-0.1, -0.05) is 24.3 Å². The first-order valence-electron chi connectivity index (χ1n) is 11.7. The fraction of sp³-hybridized carbons (Fsp3) is 0.346. The Hall–Kier alpha value is -3.59. The van der Waals surface area contributed by atoms with Crippen LogP contribution in [0.4, 0.5) is 14.6 Å². The molecule has 2 aromatic carbocycles. The van der Waals surface area contributed by atoms with E-state index in [2.05, 4.69) is 33.6 Å². The number of aromatic nitrogens is 4. The van der Waals surface area contributed by atoms with Crippen molar-refractivity contribution in [1.29, 1.82) is 0 Å². The van der Waals surface area contributed by atoms with Gasteiger partial charge in [0.2, 0.25) is 0 Å². The zero-order valence-corrected chi connectivity index (χ0v) is 20.2. The summed E-state index contributed by atoms with van der Waals surface area (Å²) in [4.78, 5) is 26.1. The maximum atomic E-state index is 13.7. The molecule has 3 heterocycles. The van der Waals surface area contributed by atoms with Gasteiger partial charge in [-0.3, -0.25) is 9.47 Å². The van der Waals surface area contributed by atoms with E-state index in [0.717, 1.165) is 16.8 Å². The Balaban J connectivity index is 1.53. The second kappa shape index (κ2) is 8.88. The lowest BCUT2D eigenvalue weighted by Crippen LogP contribution is -2.58. The molecule has 2 aromatic heterocycles. The number of aryl methyl sites for hydroxylation is 2. The molecule has 0 unspecified atom stereocenters. The van der Waals surface area contributed by atoms with E-state index in [1.807, 2.05) is 11.6 Å². The Kier molecular flexibility index (Phi) is 5.88. The van der Waals surface area contributed by atoms with Crippen molar-refractivity contribution in [3.63, 3.8) is 0 Å². The Bertz CT molecular complexity index is 1370. The van der Waals surface area contributed by atoms with Crippen LogP contribution in [0.25, 0.3) is 11.2 Å². The lowest BCUT2D eigenvalue weighted by atomic mass is 9.93. The van der Waals surface area contributed by atoms with E-state index in [-0.39, 0.29) is 35.4 Å². The number of benzene rings is 2. The van der Waals surface area contributed by atoms with Gasteiger partial charge in [-0.2, -0.15) is 4.98 Å². The number of hydrogen-bond acceptors (Lipinski definition) is 5. The van der Waals surface area contributed by atoms with Crippen molar-refractivity contribution in [2.75, 3.05) is 18.0 Å². The Morgan fingerprint density at radius 1 is 0.886 bits per heavy atom. The maximum Gasteiger partial charge on any atom is 0.350 e. The van der Waals surface area contributed by atoms with E-state index < -0.39 is 0 Å². The van der Waals surface area contributed by atoms with Crippen LogP contribution in [0.2, 0.25) is 0 Å². The standard InChI is InChI=1S/C26H28F2N6O/c1-16-14-34(24-22-25(31(3)15-29-22)32(4)26(35)30-24)17(2)13-33(16)23(18-5-9-20(27)10-6-18)19-7-11-21(28)12-8-19/h5-12,15-17,23H,13-14H2,1-4H3/t16-,17+/m1/s1. The molecule has 2 atom stereocenters. The number of rotatable bonds is 4. The lowest BCUT2D eigenvalue weighted by Gasteiger charge is -2.48. The molecule has 9 heteroatoms. The van der Waals surface area contributed by atoms with E-state index >= 15 is 0 Å². The number of hydrogen-bond donors (Lipinski definition) is 0. The van der Waals surface area contributed by atoms with Crippen LogP contribution < -0.4 is 10.6 Å². The summed E-state index contributed by atoms with van der Waals surface area (Å²) in [7, 11) is 3.56. The molecule has 1 aliphatic rings. The molecule has 4 aromatic rings. The predicted octanol–water partition coefficient (Wildman–Crippen LogP) is 3.63. The van der Waals surface area contributed by atoms with Crippen LogP contribution in [0.5, 0.6) is 0 Å². The number of fused-ring (bicyclic) bond motifs is 1. The Morgan fingerprint density at radius 3 is 2.03 bits per heavy atom. The molecule has 1 saturated heterocycles. The molecule has 0 aliphatic carbocycles. The summed E-state index contributed by atoms with van der Waals surface area (Å²) >= 11 is 0. The highest BCUT2D eigenvalue weighted by Crippen LogP contribution is 2.35.